The molecule has 0 amide bonds. The van der Waals surface area contributed by atoms with Crippen LogP contribution in [0, 0.1) is 0 Å². The van der Waals surface area contributed by atoms with Crippen LogP contribution in [0.4, 0.5) is 0 Å². The number of ether oxygens (including phenoxy) is 1. The molecule has 1 aromatic rings. The summed E-state index contributed by atoms with van der Waals surface area (Å²) < 4.78 is 5.14. The monoisotopic (exact) mass is 225 g/mol. The summed E-state index contributed by atoms with van der Waals surface area (Å²) >= 11 is 1.95. The van der Waals surface area contributed by atoms with E-state index in [1.807, 2.05) is 30.9 Å². The summed E-state index contributed by atoms with van der Waals surface area (Å²) in [7, 11) is 3.70. The van der Waals surface area contributed by atoms with Crippen LogP contribution in [-0.4, -0.2) is 25.7 Å². The zero-order chi connectivity index (χ0) is 11.1. The van der Waals surface area contributed by atoms with Gasteiger partial charge < -0.3 is 10.1 Å². The van der Waals surface area contributed by atoms with Crippen LogP contribution in [0.5, 0.6) is 5.75 Å². The van der Waals surface area contributed by atoms with Crippen molar-refractivity contribution in [3.05, 3.63) is 29.8 Å². The molecule has 3 heteroatoms. The van der Waals surface area contributed by atoms with Crippen molar-refractivity contribution in [2.45, 2.75) is 13.0 Å². The SMILES string of the molecule is CCSCC(NC)c1ccc(OC)cc1. The average molecular weight is 225 g/mol. The summed E-state index contributed by atoms with van der Waals surface area (Å²) in [4.78, 5) is 0. The van der Waals surface area contributed by atoms with Gasteiger partial charge in [0.15, 0.2) is 0 Å². The molecule has 0 fully saturated rings. The minimum atomic E-state index is 0.431. The standard InChI is InChI=1S/C12H19NOS/c1-4-15-9-12(13-2)10-5-7-11(14-3)8-6-10/h5-8,12-13H,4,9H2,1-3H3. The van der Waals surface area contributed by atoms with Crippen LogP contribution in [0.2, 0.25) is 0 Å². The highest BCUT2D eigenvalue weighted by Gasteiger charge is 2.08. The van der Waals surface area contributed by atoms with Crippen LogP contribution in [0.3, 0.4) is 0 Å². The fraction of sp³-hybridized carbons (Fsp3) is 0.500. The number of benzene rings is 1. The highest BCUT2D eigenvalue weighted by Crippen LogP contribution is 2.20. The molecule has 1 aromatic carbocycles. The maximum Gasteiger partial charge on any atom is 0.118 e. The molecule has 0 saturated heterocycles. The van der Waals surface area contributed by atoms with E-state index in [1.54, 1.807) is 7.11 Å². The summed E-state index contributed by atoms with van der Waals surface area (Å²) in [6.07, 6.45) is 0. The molecule has 84 valence electrons. The van der Waals surface area contributed by atoms with Crippen LogP contribution in [-0.2, 0) is 0 Å². The largest absolute Gasteiger partial charge is 0.497 e. The van der Waals surface area contributed by atoms with Gasteiger partial charge in [-0.15, -0.1) is 0 Å². The highest BCUT2D eigenvalue weighted by molar-refractivity contribution is 7.99. The first-order valence-electron chi connectivity index (χ1n) is 5.20. The Morgan fingerprint density at radius 3 is 2.47 bits per heavy atom. The fourth-order valence-corrected chi connectivity index (χ4v) is 2.25. The molecule has 15 heavy (non-hydrogen) atoms. The number of rotatable bonds is 6. The van der Waals surface area contributed by atoms with Crippen molar-refractivity contribution in [3.8, 4) is 5.75 Å². The molecule has 0 aliphatic rings. The molecule has 0 spiro atoms. The average Bonchev–Trinajstić information content (AvgIpc) is 2.31. The molecule has 0 aromatic heterocycles. The third-order valence-electron chi connectivity index (χ3n) is 2.36. The lowest BCUT2D eigenvalue weighted by Crippen LogP contribution is -2.18. The van der Waals surface area contributed by atoms with Crippen LogP contribution >= 0.6 is 11.8 Å². The Morgan fingerprint density at radius 2 is 2.00 bits per heavy atom. The van der Waals surface area contributed by atoms with E-state index in [0.29, 0.717) is 6.04 Å². The quantitative estimate of drug-likeness (QED) is 0.804. The molecular formula is C12H19NOS. The molecular weight excluding hydrogens is 206 g/mol. The maximum atomic E-state index is 5.14. The van der Waals surface area contributed by atoms with Gasteiger partial charge in [0.2, 0.25) is 0 Å². The van der Waals surface area contributed by atoms with Crippen LogP contribution < -0.4 is 10.1 Å². The highest BCUT2D eigenvalue weighted by atomic mass is 32.2. The Kier molecular flexibility index (Phi) is 5.58. The van der Waals surface area contributed by atoms with E-state index in [1.165, 1.54) is 5.56 Å². The lowest BCUT2D eigenvalue weighted by Gasteiger charge is -2.16. The number of hydrogen-bond acceptors (Lipinski definition) is 3. The fourth-order valence-electron chi connectivity index (χ4n) is 1.42. The zero-order valence-electron chi connectivity index (χ0n) is 9.62. The van der Waals surface area contributed by atoms with E-state index in [4.69, 9.17) is 4.74 Å². The second kappa shape index (κ2) is 6.75. The molecule has 0 saturated carbocycles. The van der Waals surface area contributed by atoms with E-state index in [0.717, 1.165) is 17.3 Å². The molecule has 1 unspecified atom stereocenters. The summed E-state index contributed by atoms with van der Waals surface area (Å²) in [5.74, 6) is 3.19. The van der Waals surface area contributed by atoms with Gasteiger partial charge in [-0.05, 0) is 30.5 Å². The lowest BCUT2D eigenvalue weighted by molar-refractivity contribution is 0.414. The molecule has 1 N–H and O–H groups in total. The minimum absolute atomic E-state index is 0.431. The molecule has 0 aliphatic heterocycles. The van der Waals surface area contributed by atoms with Crippen molar-refractivity contribution in [2.75, 3.05) is 25.7 Å². The van der Waals surface area contributed by atoms with Gasteiger partial charge in [-0.2, -0.15) is 11.8 Å². The van der Waals surface area contributed by atoms with Gasteiger partial charge in [-0.25, -0.2) is 0 Å². The first kappa shape index (κ1) is 12.4. The van der Waals surface area contributed by atoms with Crippen molar-refractivity contribution in [2.24, 2.45) is 0 Å². The van der Waals surface area contributed by atoms with Crippen LogP contribution in [0.1, 0.15) is 18.5 Å². The molecule has 1 rings (SSSR count). The Labute approximate surface area is 96.4 Å². The van der Waals surface area contributed by atoms with Crippen molar-refractivity contribution in [1.29, 1.82) is 0 Å². The summed E-state index contributed by atoms with van der Waals surface area (Å²) in [6.45, 7) is 2.19. The maximum absolute atomic E-state index is 5.14. The molecule has 0 heterocycles. The van der Waals surface area contributed by atoms with E-state index >= 15 is 0 Å². The van der Waals surface area contributed by atoms with Gasteiger partial charge in [-0.1, -0.05) is 19.1 Å². The Bertz CT molecular complexity index is 273. The first-order valence-corrected chi connectivity index (χ1v) is 6.36. The molecule has 1 atom stereocenters. The molecule has 0 bridgehead atoms. The van der Waals surface area contributed by atoms with E-state index in [2.05, 4.69) is 24.4 Å². The normalized spacial score (nSPS) is 12.5. The number of nitrogens with one attached hydrogen (secondary N) is 1. The zero-order valence-corrected chi connectivity index (χ0v) is 10.4. The number of methoxy groups -OCH3 is 1. The topological polar surface area (TPSA) is 21.3 Å². The predicted octanol–water partition coefficient (Wildman–Crippen LogP) is 2.71. The van der Waals surface area contributed by atoms with Gasteiger partial charge in [-0.3, -0.25) is 0 Å². The Balaban J connectivity index is 2.65. The predicted molar refractivity (Wildman–Crippen MR) is 67.8 cm³/mol. The lowest BCUT2D eigenvalue weighted by atomic mass is 10.1. The van der Waals surface area contributed by atoms with Gasteiger partial charge in [0, 0.05) is 11.8 Å². The van der Waals surface area contributed by atoms with Gasteiger partial charge in [0.05, 0.1) is 7.11 Å². The van der Waals surface area contributed by atoms with Gasteiger partial charge in [0.1, 0.15) is 5.75 Å². The first-order chi connectivity index (χ1) is 7.31. The van der Waals surface area contributed by atoms with Crippen LogP contribution in [0.25, 0.3) is 0 Å². The van der Waals surface area contributed by atoms with E-state index in [9.17, 15) is 0 Å². The third-order valence-corrected chi connectivity index (χ3v) is 3.33. The Morgan fingerprint density at radius 1 is 1.33 bits per heavy atom. The van der Waals surface area contributed by atoms with Gasteiger partial charge in [0.25, 0.3) is 0 Å². The van der Waals surface area contributed by atoms with E-state index < -0.39 is 0 Å². The second-order valence-electron chi connectivity index (χ2n) is 3.27. The molecule has 0 radical (unpaired) electrons. The van der Waals surface area contributed by atoms with E-state index in [-0.39, 0.29) is 0 Å². The molecule has 2 nitrogen and oxygen atoms in total. The number of hydrogen-bond donors (Lipinski definition) is 1. The Hall–Kier alpha value is -0.670. The summed E-state index contributed by atoms with van der Waals surface area (Å²) in [5, 5.41) is 3.33. The minimum Gasteiger partial charge on any atom is -0.497 e. The second-order valence-corrected chi connectivity index (χ2v) is 4.59. The van der Waals surface area contributed by atoms with Crippen molar-refractivity contribution in [3.63, 3.8) is 0 Å². The van der Waals surface area contributed by atoms with Crippen molar-refractivity contribution in [1.82, 2.24) is 5.32 Å². The van der Waals surface area contributed by atoms with Crippen LogP contribution in [0.15, 0.2) is 24.3 Å². The molecule has 0 aliphatic carbocycles. The van der Waals surface area contributed by atoms with Crippen molar-refractivity contribution >= 4 is 11.8 Å². The van der Waals surface area contributed by atoms with Gasteiger partial charge >= 0.3 is 0 Å². The third kappa shape index (κ3) is 3.76. The van der Waals surface area contributed by atoms with Crippen molar-refractivity contribution < 1.29 is 4.74 Å². The summed E-state index contributed by atoms with van der Waals surface area (Å²) in [5.41, 5.74) is 1.32. The smallest absolute Gasteiger partial charge is 0.118 e. The number of thioether (sulfide) groups is 1. The summed E-state index contributed by atoms with van der Waals surface area (Å²) in [6, 6.07) is 8.69.